The Labute approximate surface area is 85.4 Å². The molecule has 0 saturated carbocycles. The lowest BCUT2D eigenvalue weighted by Crippen LogP contribution is -2.19. The molecule has 0 spiro atoms. The molecule has 78 valence electrons. The van der Waals surface area contributed by atoms with Gasteiger partial charge in [-0.05, 0) is 20.5 Å². The van der Waals surface area contributed by atoms with E-state index in [0.717, 1.165) is 30.4 Å². The summed E-state index contributed by atoms with van der Waals surface area (Å²) in [7, 11) is 3.93. The number of rotatable bonds is 4. The molecule has 0 saturated heterocycles. The van der Waals surface area contributed by atoms with Gasteiger partial charge in [-0.3, -0.25) is 4.90 Å². The third-order valence-electron chi connectivity index (χ3n) is 2.11. The van der Waals surface area contributed by atoms with E-state index in [1.165, 1.54) is 0 Å². The van der Waals surface area contributed by atoms with Crippen LogP contribution in [0.1, 0.15) is 18.4 Å². The molecule has 4 nitrogen and oxygen atoms in total. The molecule has 14 heavy (non-hydrogen) atoms. The highest BCUT2D eigenvalue weighted by Gasteiger charge is 2.03. The van der Waals surface area contributed by atoms with Gasteiger partial charge < -0.3 is 5.32 Å². The van der Waals surface area contributed by atoms with Crippen LogP contribution < -0.4 is 5.32 Å². The Hall–Kier alpha value is -1.16. The van der Waals surface area contributed by atoms with Gasteiger partial charge in [-0.1, -0.05) is 6.92 Å². The van der Waals surface area contributed by atoms with Crippen molar-refractivity contribution in [3.63, 3.8) is 0 Å². The molecule has 0 amide bonds. The Balaban J connectivity index is 2.81. The monoisotopic (exact) mass is 194 g/mol. The van der Waals surface area contributed by atoms with E-state index in [-0.39, 0.29) is 0 Å². The maximum absolute atomic E-state index is 4.38. The zero-order chi connectivity index (χ0) is 10.6. The summed E-state index contributed by atoms with van der Waals surface area (Å²) in [6, 6.07) is 1.94. The molecule has 0 bridgehead atoms. The second-order valence-corrected chi connectivity index (χ2v) is 3.39. The normalized spacial score (nSPS) is 10.6. The topological polar surface area (TPSA) is 41.1 Å². The summed E-state index contributed by atoms with van der Waals surface area (Å²) < 4.78 is 0. The Morgan fingerprint density at radius 1 is 1.43 bits per heavy atom. The van der Waals surface area contributed by atoms with Gasteiger partial charge in [0.05, 0.1) is 6.54 Å². The number of hydrogen-bond acceptors (Lipinski definition) is 4. The van der Waals surface area contributed by atoms with Crippen molar-refractivity contribution in [1.29, 1.82) is 0 Å². The van der Waals surface area contributed by atoms with Crippen molar-refractivity contribution in [3.05, 3.63) is 17.6 Å². The zero-order valence-electron chi connectivity index (χ0n) is 9.33. The highest BCUT2D eigenvalue weighted by Crippen LogP contribution is 2.06. The average Bonchev–Trinajstić information content (AvgIpc) is 2.16. The Morgan fingerprint density at radius 2 is 2.14 bits per heavy atom. The predicted octanol–water partition coefficient (Wildman–Crippen LogP) is 1.28. The fourth-order valence-electron chi connectivity index (χ4n) is 1.18. The molecule has 1 N–H and O–H groups in total. The first-order valence-corrected chi connectivity index (χ1v) is 4.86. The van der Waals surface area contributed by atoms with Crippen LogP contribution >= 0.6 is 0 Å². The molecule has 0 aliphatic rings. The number of nitrogens with one attached hydrogen (secondary N) is 1. The van der Waals surface area contributed by atoms with Crippen LogP contribution in [-0.4, -0.2) is 35.5 Å². The predicted molar refractivity (Wildman–Crippen MR) is 58.3 cm³/mol. The Bertz CT molecular complexity index is 298. The van der Waals surface area contributed by atoms with Crippen LogP contribution in [0.5, 0.6) is 0 Å². The van der Waals surface area contributed by atoms with Crippen molar-refractivity contribution in [2.24, 2.45) is 0 Å². The highest BCUT2D eigenvalue weighted by molar-refractivity contribution is 5.34. The molecular formula is C10H18N4. The minimum absolute atomic E-state index is 0.798. The third kappa shape index (κ3) is 2.96. The van der Waals surface area contributed by atoms with E-state index in [9.17, 15) is 0 Å². The van der Waals surface area contributed by atoms with E-state index < -0.39 is 0 Å². The molecule has 1 heterocycles. The standard InChI is InChI=1S/C10H18N4/c1-5-14(4)7-10-12-8(2)6-9(11-3)13-10/h6H,5,7H2,1-4H3,(H,11,12,13). The molecule has 0 aliphatic carbocycles. The molecule has 0 atom stereocenters. The Kier molecular flexibility index (Phi) is 3.83. The van der Waals surface area contributed by atoms with Crippen LogP contribution in [-0.2, 0) is 6.54 Å². The summed E-state index contributed by atoms with van der Waals surface area (Å²) >= 11 is 0. The second-order valence-electron chi connectivity index (χ2n) is 3.39. The molecule has 0 fully saturated rings. The minimum atomic E-state index is 0.798. The van der Waals surface area contributed by atoms with Gasteiger partial charge in [0.15, 0.2) is 0 Å². The summed E-state index contributed by atoms with van der Waals surface area (Å²) in [5, 5.41) is 3.03. The fourth-order valence-corrected chi connectivity index (χ4v) is 1.18. The van der Waals surface area contributed by atoms with Crippen LogP contribution in [0.3, 0.4) is 0 Å². The van der Waals surface area contributed by atoms with Crippen LogP contribution in [0.15, 0.2) is 6.07 Å². The molecule has 1 aromatic rings. The first-order chi connectivity index (χ1) is 6.65. The van der Waals surface area contributed by atoms with Crippen LogP contribution in [0.2, 0.25) is 0 Å². The number of aromatic nitrogens is 2. The first-order valence-electron chi connectivity index (χ1n) is 4.86. The van der Waals surface area contributed by atoms with Gasteiger partial charge in [-0.25, -0.2) is 9.97 Å². The summed E-state index contributed by atoms with van der Waals surface area (Å²) in [6.45, 7) is 5.91. The number of aryl methyl sites for hydroxylation is 1. The molecule has 0 unspecified atom stereocenters. The summed E-state index contributed by atoms with van der Waals surface area (Å²) in [5.41, 5.74) is 1.00. The quantitative estimate of drug-likeness (QED) is 0.784. The summed E-state index contributed by atoms with van der Waals surface area (Å²) in [4.78, 5) is 10.9. The maximum atomic E-state index is 4.38. The molecule has 0 aliphatic heterocycles. The van der Waals surface area contributed by atoms with E-state index in [1.807, 2.05) is 20.0 Å². The lowest BCUT2D eigenvalue weighted by Gasteiger charge is -2.13. The molecule has 1 rings (SSSR count). The molecule has 0 radical (unpaired) electrons. The van der Waals surface area contributed by atoms with Crippen molar-refractivity contribution < 1.29 is 0 Å². The number of anilines is 1. The van der Waals surface area contributed by atoms with Crippen molar-refractivity contribution in [3.8, 4) is 0 Å². The van der Waals surface area contributed by atoms with Gasteiger partial charge >= 0.3 is 0 Å². The molecule has 0 aromatic carbocycles. The van der Waals surface area contributed by atoms with E-state index in [4.69, 9.17) is 0 Å². The average molecular weight is 194 g/mol. The van der Waals surface area contributed by atoms with Crippen molar-refractivity contribution >= 4 is 5.82 Å². The Morgan fingerprint density at radius 3 is 2.71 bits per heavy atom. The van der Waals surface area contributed by atoms with Crippen molar-refractivity contribution in [2.45, 2.75) is 20.4 Å². The molecular weight excluding hydrogens is 176 g/mol. The number of nitrogens with zero attached hydrogens (tertiary/aromatic N) is 3. The molecule has 4 heteroatoms. The van der Waals surface area contributed by atoms with Gasteiger partial charge in [-0.2, -0.15) is 0 Å². The van der Waals surface area contributed by atoms with E-state index in [1.54, 1.807) is 0 Å². The highest BCUT2D eigenvalue weighted by atomic mass is 15.1. The van der Waals surface area contributed by atoms with Crippen LogP contribution in [0.4, 0.5) is 5.82 Å². The zero-order valence-corrected chi connectivity index (χ0v) is 9.33. The van der Waals surface area contributed by atoms with E-state index in [2.05, 4.69) is 34.2 Å². The van der Waals surface area contributed by atoms with Crippen LogP contribution in [0, 0.1) is 6.92 Å². The van der Waals surface area contributed by atoms with Gasteiger partial charge in [0.2, 0.25) is 0 Å². The fraction of sp³-hybridized carbons (Fsp3) is 0.600. The van der Waals surface area contributed by atoms with Gasteiger partial charge in [0, 0.05) is 18.8 Å². The van der Waals surface area contributed by atoms with Crippen molar-refractivity contribution in [1.82, 2.24) is 14.9 Å². The van der Waals surface area contributed by atoms with Gasteiger partial charge in [-0.15, -0.1) is 0 Å². The van der Waals surface area contributed by atoms with Gasteiger partial charge in [0.25, 0.3) is 0 Å². The van der Waals surface area contributed by atoms with Crippen LogP contribution in [0.25, 0.3) is 0 Å². The van der Waals surface area contributed by atoms with Gasteiger partial charge in [0.1, 0.15) is 11.6 Å². The maximum Gasteiger partial charge on any atom is 0.144 e. The van der Waals surface area contributed by atoms with E-state index in [0.29, 0.717) is 0 Å². The SMILES string of the molecule is CCN(C)Cc1nc(C)cc(NC)n1. The van der Waals surface area contributed by atoms with Crippen molar-refractivity contribution in [2.75, 3.05) is 26.0 Å². The largest absolute Gasteiger partial charge is 0.373 e. The lowest BCUT2D eigenvalue weighted by molar-refractivity contribution is 0.336. The minimum Gasteiger partial charge on any atom is -0.373 e. The second kappa shape index (κ2) is 4.91. The molecule has 1 aromatic heterocycles. The lowest BCUT2D eigenvalue weighted by atomic mass is 10.4. The summed E-state index contributed by atoms with van der Waals surface area (Å²) in [6.07, 6.45) is 0. The smallest absolute Gasteiger partial charge is 0.144 e. The number of hydrogen-bond donors (Lipinski definition) is 1. The van der Waals surface area contributed by atoms with E-state index >= 15 is 0 Å². The first kappa shape index (κ1) is 10.9. The summed E-state index contributed by atoms with van der Waals surface area (Å²) in [5.74, 6) is 1.76. The third-order valence-corrected chi connectivity index (χ3v) is 2.11.